The zero-order chi connectivity index (χ0) is 19.1. The van der Waals surface area contributed by atoms with Gasteiger partial charge in [-0.3, -0.25) is 19.7 Å². The van der Waals surface area contributed by atoms with Gasteiger partial charge < -0.3 is 15.4 Å². The quantitative estimate of drug-likeness (QED) is 0.470. The van der Waals surface area contributed by atoms with Crippen LogP contribution >= 0.6 is 0 Å². The van der Waals surface area contributed by atoms with Crippen molar-refractivity contribution < 1.29 is 19.2 Å². The van der Waals surface area contributed by atoms with Gasteiger partial charge in [0.25, 0.3) is 11.6 Å². The van der Waals surface area contributed by atoms with E-state index in [2.05, 4.69) is 10.6 Å². The number of hydrogen-bond donors (Lipinski definition) is 2. The number of nitrogens with zero attached hydrogens (tertiary/aromatic N) is 1. The second-order valence-corrected chi connectivity index (χ2v) is 5.28. The molecule has 2 amide bonds. The number of hydrogen-bond acceptors (Lipinski definition) is 5. The summed E-state index contributed by atoms with van der Waals surface area (Å²) >= 11 is 0. The molecule has 0 bridgehead atoms. The fourth-order valence-electron chi connectivity index (χ4n) is 2.14. The molecule has 26 heavy (non-hydrogen) atoms. The van der Waals surface area contributed by atoms with Gasteiger partial charge in [-0.2, -0.15) is 0 Å². The molecular formula is C18H17N3O5. The molecule has 2 N–H and O–H groups in total. The van der Waals surface area contributed by atoms with Crippen LogP contribution in [0.15, 0.2) is 54.2 Å². The van der Waals surface area contributed by atoms with Gasteiger partial charge in [0.05, 0.1) is 12.0 Å². The van der Waals surface area contributed by atoms with Crippen molar-refractivity contribution in [3.05, 3.63) is 69.9 Å². The molecule has 2 aromatic carbocycles. The van der Waals surface area contributed by atoms with Crippen LogP contribution in [0.25, 0.3) is 6.08 Å². The molecule has 0 heterocycles. The van der Waals surface area contributed by atoms with Crippen molar-refractivity contribution in [1.82, 2.24) is 5.32 Å². The lowest BCUT2D eigenvalue weighted by Gasteiger charge is -2.10. The fraction of sp³-hybridized carbons (Fsp3) is 0.111. The number of benzene rings is 2. The predicted molar refractivity (Wildman–Crippen MR) is 96.5 cm³/mol. The number of carbonyl (C=O) groups excluding carboxylic acids is 2. The topological polar surface area (TPSA) is 111 Å². The highest BCUT2D eigenvalue weighted by molar-refractivity contribution is 6.08. The minimum atomic E-state index is -0.569. The molecule has 0 atom stereocenters. The summed E-state index contributed by atoms with van der Waals surface area (Å²) in [5.41, 5.74) is 0.725. The maximum absolute atomic E-state index is 12.5. The fourth-order valence-corrected chi connectivity index (χ4v) is 2.14. The van der Waals surface area contributed by atoms with Crippen LogP contribution in [0.4, 0.5) is 11.4 Å². The van der Waals surface area contributed by atoms with Gasteiger partial charge in [0.2, 0.25) is 5.91 Å². The molecule has 8 nitrogen and oxygen atoms in total. The third-order valence-electron chi connectivity index (χ3n) is 3.27. The van der Waals surface area contributed by atoms with E-state index in [-0.39, 0.29) is 11.4 Å². The van der Waals surface area contributed by atoms with Crippen LogP contribution in [0.3, 0.4) is 0 Å². The Balaban J connectivity index is 2.30. The smallest absolute Gasteiger partial charge is 0.272 e. The number of nitrogens with one attached hydrogen (secondary N) is 2. The molecule has 0 aliphatic carbocycles. The van der Waals surface area contributed by atoms with E-state index in [0.29, 0.717) is 17.0 Å². The summed E-state index contributed by atoms with van der Waals surface area (Å²) < 4.78 is 5.09. The molecule has 134 valence electrons. The summed E-state index contributed by atoms with van der Waals surface area (Å²) in [4.78, 5) is 34.3. The van der Waals surface area contributed by atoms with Gasteiger partial charge >= 0.3 is 0 Å². The molecule has 2 aromatic rings. The molecule has 8 heteroatoms. The van der Waals surface area contributed by atoms with Crippen LogP contribution < -0.4 is 15.4 Å². The molecule has 2 rings (SSSR count). The number of nitro benzene ring substituents is 1. The maximum atomic E-state index is 12.5. The third-order valence-corrected chi connectivity index (χ3v) is 3.27. The number of rotatable bonds is 6. The Hall–Kier alpha value is -3.68. The van der Waals surface area contributed by atoms with Gasteiger partial charge in [0, 0.05) is 30.8 Å². The number of amides is 2. The van der Waals surface area contributed by atoms with E-state index in [1.54, 1.807) is 30.3 Å². The zero-order valence-electron chi connectivity index (χ0n) is 14.2. The molecular weight excluding hydrogens is 338 g/mol. The van der Waals surface area contributed by atoms with Crippen molar-refractivity contribution in [2.45, 2.75) is 6.92 Å². The van der Waals surface area contributed by atoms with Crippen LogP contribution in [0.2, 0.25) is 0 Å². The third kappa shape index (κ3) is 5.17. The Morgan fingerprint density at radius 2 is 1.88 bits per heavy atom. The largest absolute Gasteiger partial charge is 0.497 e. The summed E-state index contributed by atoms with van der Waals surface area (Å²) in [5, 5.41) is 16.0. The van der Waals surface area contributed by atoms with Crippen LogP contribution in [-0.4, -0.2) is 23.8 Å². The summed E-state index contributed by atoms with van der Waals surface area (Å²) in [5.74, 6) is -0.450. The van der Waals surface area contributed by atoms with Crippen LogP contribution in [0, 0.1) is 10.1 Å². The van der Waals surface area contributed by atoms with E-state index in [1.807, 2.05) is 0 Å². The van der Waals surface area contributed by atoms with Crippen molar-refractivity contribution in [3.8, 4) is 5.75 Å². The normalized spacial score (nSPS) is 10.8. The van der Waals surface area contributed by atoms with Gasteiger partial charge in [0.1, 0.15) is 11.4 Å². The highest BCUT2D eigenvalue weighted by atomic mass is 16.6. The number of non-ortho nitro benzene ring substituents is 1. The Morgan fingerprint density at radius 1 is 1.15 bits per heavy atom. The van der Waals surface area contributed by atoms with E-state index in [4.69, 9.17) is 4.74 Å². The molecule has 0 spiro atoms. The highest BCUT2D eigenvalue weighted by Crippen LogP contribution is 2.18. The summed E-state index contributed by atoms with van der Waals surface area (Å²) in [6, 6.07) is 12.4. The SMILES string of the molecule is COc1cccc(NC(=O)/C(=C\c2cccc([N+](=O)[O-])c2)NC(C)=O)c1. The number of methoxy groups -OCH3 is 1. The van der Waals surface area contributed by atoms with Crippen LogP contribution in [0.5, 0.6) is 5.75 Å². The first-order valence-electron chi connectivity index (χ1n) is 7.58. The molecule has 0 aliphatic heterocycles. The van der Waals surface area contributed by atoms with Gasteiger partial charge in [-0.25, -0.2) is 0 Å². The Kier molecular flexibility index (Phi) is 6.05. The van der Waals surface area contributed by atoms with E-state index in [0.717, 1.165) is 0 Å². The summed E-state index contributed by atoms with van der Waals surface area (Å²) in [6.07, 6.45) is 1.36. The average molecular weight is 355 g/mol. The standard InChI is InChI=1S/C18H17N3O5/c1-12(22)19-17(10-13-5-3-7-15(9-13)21(24)25)18(23)20-14-6-4-8-16(11-14)26-2/h3-11H,1-2H3,(H,19,22)(H,20,23)/b17-10+. The first kappa shape index (κ1) is 18.7. The lowest BCUT2D eigenvalue weighted by Crippen LogP contribution is -2.28. The molecule has 0 aliphatic rings. The molecule has 0 fully saturated rings. The van der Waals surface area contributed by atoms with Crippen molar-refractivity contribution in [1.29, 1.82) is 0 Å². The van der Waals surface area contributed by atoms with Crippen molar-refractivity contribution >= 4 is 29.3 Å². The number of carbonyl (C=O) groups is 2. The van der Waals surface area contributed by atoms with Crippen LogP contribution in [0.1, 0.15) is 12.5 Å². The second kappa shape index (κ2) is 8.43. The maximum Gasteiger partial charge on any atom is 0.272 e. The van der Waals surface area contributed by atoms with E-state index >= 15 is 0 Å². The number of nitro groups is 1. The van der Waals surface area contributed by atoms with Gasteiger partial charge in [-0.15, -0.1) is 0 Å². The second-order valence-electron chi connectivity index (χ2n) is 5.28. The number of ether oxygens (including phenoxy) is 1. The lowest BCUT2D eigenvalue weighted by molar-refractivity contribution is -0.384. The van der Waals surface area contributed by atoms with Crippen molar-refractivity contribution in [2.75, 3.05) is 12.4 Å². The molecule has 0 aromatic heterocycles. The molecule has 0 saturated heterocycles. The van der Waals surface area contributed by atoms with Gasteiger partial charge in [-0.1, -0.05) is 18.2 Å². The Bertz CT molecular complexity index is 877. The van der Waals surface area contributed by atoms with Crippen LogP contribution in [-0.2, 0) is 9.59 Å². The average Bonchev–Trinajstić information content (AvgIpc) is 2.61. The molecule has 0 unspecified atom stereocenters. The Morgan fingerprint density at radius 3 is 2.54 bits per heavy atom. The van der Waals surface area contributed by atoms with E-state index < -0.39 is 16.7 Å². The van der Waals surface area contributed by atoms with Crippen molar-refractivity contribution in [2.24, 2.45) is 0 Å². The first-order chi connectivity index (χ1) is 12.4. The van der Waals surface area contributed by atoms with E-state index in [9.17, 15) is 19.7 Å². The predicted octanol–water partition coefficient (Wildman–Crippen LogP) is 2.72. The highest BCUT2D eigenvalue weighted by Gasteiger charge is 2.13. The van der Waals surface area contributed by atoms with Gasteiger partial charge in [0.15, 0.2) is 0 Å². The molecule has 0 radical (unpaired) electrons. The minimum absolute atomic E-state index is 0.0409. The summed E-state index contributed by atoms with van der Waals surface area (Å²) in [6.45, 7) is 1.26. The zero-order valence-corrected chi connectivity index (χ0v) is 14.2. The summed E-state index contributed by atoms with van der Waals surface area (Å²) in [7, 11) is 1.51. The number of anilines is 1. The lowest BCUT2D eigenvalue weighted by atomic mass is 10.1. The molecule has 0 saturated carbocycles. The minimum Gasteiger partial charge on any atom is -0.497 e. The Labute approximate surface area is 149 Å². The van der Waals surface area contributed by atoms with E-state index in [1.165, 1.54) is 38.3 Å². The van der Waals surface area contributed by atoms with Gasteiger partial charge in [-0.05, 0) is 23.8 Å². The first-order valence-corrected chi connectivity index (χ1v) is 7.58. The monoisotopic (exact) mass is 355 g/mol. The van der Waals surface area contributed by atoms with Crippen molar-refractivity contribution in [3.63, 3.8) is 0 Å².